The van der Waals surface area contributed by atoms with Gasteiger partial charge < -0.3 is 15.4 Å². The molecule has 1 aliphatic carbocycles. The van der Waals surface area contributed by atoms with Crippen molar-refractivity contribution < 1.29 is 24.0 Å². The van der Waals surface area contributed by atoms with Gasteiger partial charge in [0.25, 0.3) is 11.6 Å². The fourth-order valence-corrected chi connectivity index (χ4v) is 3.96. The Labute approximate surface area is 171 Å². The third-order valence-electron chi connectivity index (χ3n) is 5.39. The molecule has 1 heterocycles. The molecular weight excluding hydrogens is 392 g/mol. The summed E-state index contributed by atoms with van der Waals surface area (Å²) in [7, 11) is 1.31. The largest absolute Gasteiger partial charge is 0.494 e. The van der Waals surface area contributed by atoms with Gasteiger partial charge in [-0.2, -0.15) is 0 Å². The molecule has 2 N–H and O–H groups in total. The Hall–Kier alpha value is -3.95. The molecule has 1 atom stereocenters. The van der Waals surface area contributed by atoms with Gasteiger partial charge in [-0.15, -0.1) is 0 Å². The Bertz CT molecular complexity index is 1080. The van der Waals surface area contributed by atoms with Crippen molar-refractivity contribution in [1.82, 2.24) is 10.2 Å². The van der Waals surface area contributed by atoms with Crippen molar-refractivity contribution >= 4 is 29.2 Å². The Kier molecular flexibility index (Phi) is 4.61. The number of urea groups is 1. The smallest absolute Gasteiger partial charge is 0.325 e. The molecule has 2 aromatic rings. The highest BCUT2D eigenvalue weighted by Gasteiger charge is 2.55. The molecule has 4 amide bonds. The van der Waals surface area contributed by atoms with E-state index in [4.69, 9.17) is 4.74 Å². The fraction of sp³-hybridized carbons (Fsp3) is 0.250. The maximum Gasteiger partial charge on any atom is 0.325 e. The lowest BCUT2D eigenvalue weighted by molar-refractivity contribution is -0.384. The van der Waals surface area contributed by atoms with Gasteiger partial charge in [-0.25, -0.2) is 4.79 Å². The van der Waals surface area contributed by atoms with E-state index in [1.165, 1.54) is 25.3 Å². The molecule has 0 aromatic heterocycles. The monoisotopic (exact) mass is 410 g/mol. The lowest BCUT2D eigenvalue weighted by atomic mass is 9.92. The molecule has 4 rings (SSSR count). The van der Waals surface area contributed by atoms with Crippen LogP contribution in [0.15, 0.2) is 42.5 Å². The molecule has 1 aliphatic heterocycles. The number of nitro groups is 1. The predicted octanol–water partition coefficient (Wildman–Crippen LogP) is 1.94. The van der Waals surface area contributed by atoms with Crippen molar-refractivity contribution in [1.29, 1.82) is 0 Å². The number of benzene rings is 2. The van der Waals surface area contributed by atoms with Gasteiger partial charge in [0.2, 0.25) is 5.91 Å². The number of carbonyl (C=O) groups excluding carboxylic acids is 3. The number of hydrogen-bond acceptors (Lipinski definition) is 6. The zero-order chi connectivity index (χ0) is 21.5. The van der Waals surface area contributed by atoms with Gasteiger partial charge in [0.1, 0.15) is 17.8 Å². The number of nitro benzene ring substituents is 1. The molecular formula is C20H18N4O6. The Morgan fingerprint density at radius 3 is 2.80 bits per heavy atom. The second-order valence-electron chi connectivity index (χ2n) is 7.07. The predicted molar refractivity (Wildman–Crippen MR) is 105 cm³/mol. The molecule has 1 fully saturated rings. The SMILES string of the molecule is COc1cc([N+](=O)[O-])ccc1NC(=O)CN1C(=O)N[C@]2(CCc3ccccc32)C1=O. The van der Waals surface area contributed by atoms with E-state index in [1.807, 2.05) is 24.3 Å². The Morgan fingerprint density at radius 1 is 1.30 bits per heavy atom. The zero-order valence-corrected chi connectivity index (χ0v) is 16.0. The van der Waals surface area contributed by atoms with Gasteiger partial charge in [0, 0.05) is 6.07 Å². The second kappa shape index (κ2) is 7.14. The molecule has 0 unspecified atom stereocenters. The summed E-state index contributed by atoms with van der Waals surface area (Å²) < 4.78 is 5.09. The summed E-state index contributed by atoms with van der Waals surface area (Å²) in [5, 5.41) is 16.2. The minimum Gasteiger partial charge on any atom is -0.494 e. The number of aryl methyl sites for hydroxylation is 1. The summed E-state index contributed by atoms with van der Waals surface area (Å²) in [6.07, 6.45) is 1.09. The van der Waals surface area contributed by atoms with E-state index in [0.29, 0.717) is 12.8 Å². The van der Waals surface area contributed by atoms with Gasteiger partial charge in [-0.1, -0.05) is 24.3 Å². The topological polar surface area (TPSA) is 131 Å². The highest BCUT2D eigenvalue weighted by Crippen LogP contribution is 2.41. The molecule has 0 saturated carbocycles. The maximum absolute atomic E-state index is 13.1. The first kappa shape index (κ1) is 19.4. The number of rotatable bonds is 5. The van der Waals surface area contributed by atoms with E-state index >= 15 is 0 Å². The van der Waals surface area contributed by atoms with Gasteiger partial charge in [-0.05, 0) is 30.0 Å². The molecule has 1 saturated heterocycles. The Morgan fingerprint density at radius 2 is 2.07 bits per heavy atom. The third-order valence-corrected chi connectivity index (χ3v) is 5.39. The fourth-order valence-electron chi connectivity index (χ4n) is 3.96. The van der Waals surface area contributed by atoms with Crippen LogP contribution in [0.3, 0.4) is 0 Å². The molecule has 1 spiro atoms. The summed E-state index contributed by atoms with van der Waals surface area (Å²) in [5.74, 6) is -1.01. The molecule has 10 heteroatoms. The first-order chi connectivity index (χ1) is 14.4. The van der Waals surface area contributed by atoms with Crippen LogP contribution in [0.4, 0.5) is 16.2 Å². The Balaban J connectivity index is 1.52. The first-order valence-corrected chi connectivity index (χ1v) is 9.20. The lowest BCUT2D eigenvalue weighted by Gasteiger charge is -2.22. The summed E-state index contributed by atoms with van der Waals surface area (Å²) in [6, 6.07) is 10.5. The van der Waals surface area contributed by atoms with Crippen molar-refractivity contribution in [2.45, 2.75) is 18.4 Å². The van der Waals surface area contributed by atoms with Crippen LogP contribution in [0.2, 0.25) is 0 Å². The van der Waals surface area contributed by atoms with E-state index in [0.717, 1.165) is 16.0 Å². The van der Waals surface area contributed by atoms with Crippen molar-refractivity contribution in [2.75, 3.05) is 19.0 Å². The van der Waals surface area contributed by atoms with Crippen LogP contribution in [0, 0.1) is 10.1 Å². The van der Waals surface area contributed by atoms with Crippen LogP contribution in [0.1, 0.15) is 17.5 Å². The lowest BCUT2D eigenvalue weighted by Crippen LogP contribution is -2.43. The maximum atomic E-state index is 13.1. The summed E-state index contributed by atoms with van der Waals surface area (Å²) in [5.41, 5.74) is 0.608. The minimum absolute atomic E-state index is 0.0935. The number of nitrogens with one attached hydrogen (secondary N) is 2. The van der Waals surface area contributed by atoms with Crippen LogP contribution >= 0.6 is 0 Å². The average Bonchev–Trinajstić information content (AvgIpc) is 3.21. The molecule has 2 aromatic carbocycles. The van der Waals surface area contributed by atoms with Gasteiger partial charge in [-0.3, -0.25) is 24.6 Å². The van der Waals surface area contributed by atoms with Gasteiger partial charge >= 0.3 is 6.03 Å². The number of amides is 4. The third kappa shape index (κ3) is 3.02. The molecule has 154 valence electrons. The van der Waals surface area contributed by atoms with Crippen molar-refractivity contribution in [3.63, 3.8) is 0 Å². The van der Waals surface area contributed by atoms with E-state index in [2.05, 4.69) is 10.6 Å². The number of fused-ring (bicyclic) bond motifs is 2. The normalized spacial score (nSPS) is 19.6. The minimum atomic E-state index is -1.14. The zero-order valence-electron chi connectivity index (χ0n) is 16.0. The number of non-ortho nitro benzene ring substituents is 1. The number of imide groups is 1. The van der Waals surface area contributed by atoms with Crippen LogP contribution in [0.25, 0.3) is 0 Å². The molecule has 10 nitrogen and oxygen atoms in total. The summed E-state index contributed by atoms with van der Waals surface area (Å²) in [6.45, 7) is -0.491. The number of carbonyl (C=O) groups is 3. The van der Waals surface area contributed by atoms with Crippen LogP contribution < -0.4 is 15.4 Å². The van der Waals surface area contributed by atoms with Crippen molar-refractivity contribution in [3.05, 3.63) is 63.7 Å². The average molecular weight is 410 g/mol. The standard InChI is InChI=1S/C20H18N4O6/c1-30-16-10-13(24(28)29)6-7-15(16)21-17(25)11-23-18(26)20(22-19(23)27)9-8-12-4-2-3-5-14(12)20/h2-7,10H,8-9,11H2,1H3,(H,21,25)(H,22,27)/t20-/m0/s1. The highest BCUT2D eigenvalue weighted by molar-refractivity contribution is 6.11. The molecule has 0 bridgehead atoms. The van der Waals surface area contributed by atoms with E-state index in [-0.39, 0.29) is 17.1 Å². The van der Waals surface area contributed by atoms with Gasteiger partial charge in [0.15, 0.2) is 0 Å². The van der Waals surface area contributed by atoms with E-state index in [1.54, 1.807) is 0 Å². The molecule has 0 radical (unpaired) electrons. The van der Waals surface area contributed by atoms with E-state index < -0.39 is 34.9 Å². The number of ether oxygens (including phenoxy) is 1. The first-order valence-electron chi connectivity index (χ1n) is 9.20. The molecule has 2 aliphatic rings. The highest BCUT2D eigenvalue weighted by atomic mass is 16.6. The summed E-state index contributed by atoms with van der Waals surface area (Å²) >= 11 is 0. The quantitative estimate of drug-likeness (QED) is 0.440. The number of methoxy groups -OCH3 is 1. The second-order valence-corrected chi connectivity index (χ2v) is 7.07. The van der Waals surface area contributed by atoms with Crippen LogP contribution in [-0.2, 0) is 21.5 Å². The number of nitrogens with zero attached hydrogens (tertiary/aromatic N) is 2. The van der Waals surface area contributed by atoms with Crippen LogP contribution in [-0.4, -0.2) is 41.3 Å². The summed E-state index contributed by atoms with van der Waals surface area (Å²) in [4.78, 5) is 49.3. The van der Waals surface area contributed by atoms with Crippen LogP contribution in [0.5, 0.6) is 5.75 Å². The molecule has 30 heavy (non-hydrogen) atoms. The van der Waals surface area contributed by atoms with Crippen molar-refractivity contribution in [3.8, 4) is 5.75 Å². The number of anilines is 1. The number of hydrogen-bond donors (Lipinski definition) is 2. The van der Waals surface area contributed by atoms with Crippen molar-refractivity contribution in [2.24, 2.45) is 0 Å². The van der Waals surface area contributed by atoms with E-state index in [9.17, 15) is 24.5 Å². The van der Waals surface area contributed by atoms with Gasteiger partial charge in [0.05, 0.1) is 23.8 Å².